The van der Waals surface area contributed by atoms with E-state index in [4.69, 9.17) is 5.11 Å². The molecule has 0 unspecified atom stereocenters. The molecule has 2 rings (SSSR count). The molecule has 110 valence electrons. The van der Waals surface area contributed by atoms with Crippen molar-refractivity contribution in [2.45, 2.75) is 32.6 Å². The number of aryl methyl sites for hydroxylation is 1. The molecule has 4 nitrogen and oxygen atoms in total. The summed E-state index contributed by atoms with van der Waals surface area (Å²) in [5.74, 6) is 0.0286. The summed E-state index contributed by atoms with van der Waals surface area (Å²) in [6.45, 7) is 4.25. The third-order valence-electron chi connectivity index (χ3n) is 3.73. The lowest BCUT2D eigenvalue weighted by molar-refractivity contribution is 0.0719. The van der Waals surface area contributed by atoms with E-state index in [0.29, 0.717) is 13.1 Å². The zero-order chi connectivity index (χ0) is 14.4. The third-order valence-corrected chi connectivity index (χ3v) is 3.73. The average Bonchev–Trinajstić information content (AvgIpc) is 2.50. The molecule has 1 heterocycles. The van der Waals surface area contributed by atoms with Crippen LogP contribution in [0.25, 0.3) is 0 Å². The summed E-state index contributed by atoms with van der Waals surface area (Å²) >= 11 is 0. The van der Waals surface area contributed by atoms with Crippen molar-refractivity contribution in [3.63, 3.8) is 0 Å². The maximum Gasteiger partial charge on any atom is 0.253 e. The van der Waals surface area contributed by atoms with Gasteiger partial charge in [0.15, 0.2) is 0 Å². The fourth-order valence-corrected chi connectivity index (χ4v) is 2.58. The smallest absolute Gasteiger partial charge is 0.253 e. The summed E-state index contributed by atoms with van der Waals surface area (Å²) < 4.78 is 0. The monoisotopic (exact) mass is 276 g/mol. The van der Waals surface area contributed by atoms with E-state index >= 15 is 0 Å². The number of benzene rings is 1. The first-order valence-electron chi connectivity index (χ1n) is 7.53. The minimum Gasteiger partial charge on any atom is -0.395 e. The van der Waals surface area contributed by atoms with Crippen LogP contribution in [0.5, 0.6) is 0 Å². The Hall–Kier alpha value is -1.55. The van der Waals surface area contributed by atoms with Gasteiger partial charge in [0.2, 0.25) is 0 Å². The molecule has 1 amide bonds. The number of nitrogens with one attached hydrogen (secondary N) is 1. The van der Waals surface area contributed by atoms with Gasteiger partial charge < -0.3 is 15.3 Å². The average molecular weight is 276 g/mol. The quantitative estimate of drug-likeness (QED) is 0.838. The first kappa shape index (κ1) is 14.9. The first-order valence-corrected chi connectivity index (χ1v) is 7.53. The van der Waals surface area contributed by atoms with Crippen LogP contribution in [0.1, 0.15) is 42.1 Å². The Morgan fingerprint density at radius 2 is 2.25 bits per heavy atom. The lowest BCUT2D eigenvalue weighted by Crippen LogP contribution is -2.34. The minimum atomic E-state index is 0.0158. The summed E-state index contributed by atoms with van der Waals surface area (Å²) in [6, 6.07) is 5.88. The molecule has 1 aliphatic heterocycles. The second-order valence-corrected chi connectivity index (χ2v) is 5.27. The normalized spacial score (nSPS) is 13.5. The molecule has 0 saturated carbocycles. The van der Waals surface area contributed by atoms with E-state index in [1.807, 2.05) is 18.2 Å². The molecule has 1 aromatic rings. The van der Waals surface area contributed by atoms with Crippen LogP contribution in [0.15, 0.2) is 18.2 Å². The molecule has 0 aliphatic carbocycles. The maximum atomic E-state index is 12.5. The molecule has 20 heavy (non-hydrogen) atoms. The van der Waals surface area contributed by atoms with Gasteiger partial charge in [-0.2, -0.15) is 0 Å². The van der Waals surface area contributed by atoms with E-state index in [9.17, 15) is 4.79 Å². The van der Waals surface area contributed by atoms with E-state index < -0.39 is 0 Å². The summed E-state index contributed by atoms with van der Waals surface area (Å²) in [4.78, 5) is 14.3. The highest BCUT2D eigenvalue weighted by molar-refractivity contribution is 5.95. The van der Waals surface area contributed by atoms with Crippen molar-refractivity contribution in [2.75, 3.05) is 31.6 Å². The summed E-state index contributed by atoms with van der Waals surface area (Å²) in [6.07, 6.45) is 4.15. The fraction of sp³-hybridized carbons (Fsp3) is 0.562. The Kier molecular flexibility index (Phi) is 5.41. The van der Waals surface area contributed by atoms with Crippen LogP contribution in [0.4, 0.5) is 5.69 Å². The Morgan fingerprint density at radius 3 is 3.00 bits per heavy atom. The minimum absolute atomic E-state index is 0.0158. The number of fused-ring (bicyclic) bond motifs is 1. The molecule has 0 radical (unpaired) electrons. The molecule has 0 saturated heterocycles. The zero-order valence-corrected chi connectivity index (χ0v) is 12.2. The van der Waals surface area contributed by atoms with Gasteiger partial charge in [-0.05, 0) is 43.0 Å². The van der Waals surface area contributed by atoms with Gasteiger partial charge in [-0.1, -0.05) is 13.3 Å². The predicted molar refractivity (Wildman–Crippen MR) is 81.2 cm³/mol. The van der Waals surface area contributed by atoms with Gasteiger partial charge >= 0.3 is 0 Å². The lowest BCUT2D eigenvalue weighted by Gasteiger charge is -2.23. The zero-order valence-electron chi connectivity index (χ0n) is 12.2. The maximum absolute atomic E-state index is 12.5. The first-order chi connectivity index (χ1) is 9.76. The van der Waals surface area contributed by atoms with Crippen LogP contribution in [-0.2, 0) is 6.42 Å². The molecule has 0 bridgehead atoms. The van der Waals surface area contributed by atoms with Gasteiger partial charge in [-0.15, -0.1) is 0 Å². The summed E-state index contributed by atoms with van der Waals surface area (Å²) in [5, 5.41) is 12.5. The molecule has 2 N–H and O–H groups in total. The Bertz CT molecular complexity index is 460. The van der Waals surface area contributed by atoms with Gasteiger partial charge in [0.25, 0.3) is 5.91 Å². The molecule has 0 fully saturated rings. The van der Waals surface area contributed by atoms with Crippen molar-refractivity contribution in [1.82, 2.24) is 4.90 Å². The van der Waals surface area contributed by atoms with Crippen molar-refractivity contribution in [3.05, 3.63) is 29.3 Å². The van der Waals surface area contributed by atoms with Crippen LogP contribution in [0.2, 0.25) is 0 Å². The molecule has 1 aliphatic rings. The van der Waals surface area contributed by atoms with Crippen molar-refractivity contribution >= 4 is 11.6 Å². The predicted octanol–water partition coefficient (Wildman–Crippen LogP) is 2.28. The molecule has 1 aromatic carbocycles. The van der Waals surface area contributed by atoms with Crippen LogP contribution < -0.4 is 5.32 Å². The largest absolute Gasteiger partial charge is 0.395 e. The number of hydrogen-bond acceptors (Lipinski definition) is 3. The number of nitrogens with zero attached hydrogens (tertiary/aromatic N) is 1. The van der Waals surface area contributed by atoms with Gasteiger partial charge in [-0.3, -0.25) is 4.79 Å². The van der Waals surface area contributed by atoms with Gasteiger partial charge in [0.1, 0.15) is 0 Å². The number of carbonyl (C=O) groups is 1. The summed E-state index contributed by atoms with van der Waals surface area (Å²) in [5.41, 5.74) is 3.11. The number of carbonyl (C=O) groups excluding carboxylic acids is 1. The van der Waals surface area contributed by atoms with Crippen LogP contribution >= 0.6 is 0 Å². The van der Waals surface area contributed by atoms with E-state index in [-0.39, 0.29) is 12.5 Å². The van der Waals surface area contributed by atoms with Crippen molar-refractivity contribution in [3.8, 4) is 0 Å². The van der Waals surface area contributed by atoms with Crippen LogP contribution in [0, 0.1) is 0 Å². The second-order valence-electron chi connectivity index (χ2n) is 5.27. The molecular weight excluding hydrogens is 252 g/mol. The second kappa shape index (κ2) is 7.29. The molecular formula is C16H24N2O2. The van der Waals surface area contributed by atoms with Crippen molar-refractivity contribution in [1.29, 1.82) is 0 Å². The highest BCUT2D eigenvalue weighted by Gasteiger charge is 2.17. The van der Waals surface area contributed by atoms with Gasteiger partial charge in [0, 0.05) is 30.9 Å². The van der Waals surface area contributed by atoms with Crippen molar-refractivity contribution in [2.24, 2.45) is 0 Å². The van der Waals surface area contributed by atoms with E-state index in [1.165, 1.54) is 5.56 Å². The van der Waals surface area contributed by atoms with Crippen LogP contribution in [0.3, 0.4) is 0 Å². The fourth-order valence-electron chi connectivity index (χ4n) is 2.58. The van der Waals surface area contributed by atoms with Crippen molar-refractivity contribution < 1.29 is 9.90 Å². The standard InChI is InChI=1S/C16H24N2O2/c1-2-3-9-18(10-11-19)16(20)14-6-7-15-13(12-14)5-4-8-17-15/h6-7,12,17,19H,2-5,8-11H2,1H3. The number of aliphatic hydroxyl groups is 1. The van der Waals surface area contributed by atoms with E-state index in [2.05, 4.69) is 12.2 Å². The number of anilines is 1. The number of unbranched alkanes of at least 4 members (excludes halogenated alkanes) is 1. The van der Waals surface area contributed by atoms with Crippen LogP contribution in [-0.4, -0.2) is 42.2 Å². The molecule has 4 heteroatoms. The molecule has 0 atom stereocenters. The topological polar surface area (TPSA) is 52.6 Å². The van der Waals surface area contributed by atoms with Gasteiger partial charge in [-0.25, -0.2) is 0 Å². The Balaban J connectivity index is 2.13. The summed E-state index contributed by atoms with van der Waals surface area (Å²) in [7, 11) is 0. The number of aliphatic hydroxyl groups excluding tert-OH is 1. The molecule has 0 spiro atoms. The van der Waals surface area contributed by atoms with E-state index in [1.54, 1.807) is 4.90 Å². The number of amides is 1. The lowest BCUT2D eigenvalue weighted by atomic mass is 10.0. The van der Waals surface area contributed by atoms with E-state index in [0.717, 1.165) is 43.5 Å². The highest BCUT2D eigenvalue weighted by Crippen LogP contribution is 2.23. The number of hydrogen-bond donors (Lipinski definition) is 2. The third kappa shape index (κ3) is 3.51. The molecule has 0 aromatic heterocycles. The number of rotatable bonds is 6. The van der Waals surface area contributed by atoms with Gasteiger partial charge in [0.05, 0.1) is 6.61 Å². The SMILES string of the molecule is CCCCN(CCO)C(=O)c1ccc2c(c1)CCCN2. The highest BCUT2D eigenvalue weighted by atomic mass is 16.3. The Labute approximate surface area is 120 Å². The Morgan fingerprint density at radius 1 is 1.40 bits per heavy atom.